The van der Waals surface area contributed by atoms with E-state index < -0.39 is 0 Å². The van der Waals surface area contributed by atoms with E-state index in [0.29, 0.717) is 19.5 Å². The molecule has 128 valence electrons. The Morgan fingerprint density at radius 3 is 2.70 bits per heavy atom. The standard InChI is InChI=1S/C18H28FN3O/c1-21(2)9-10-22(13-14-5-3-7-16(19)11-14)18(23)12-15-6-4-8-17(15)20/h3,5,7,11,15,17H,4,6,8-10,12-13,20H2,1-2H3/t15-,17+/m0/s1. The predicted octanol–water partition coefficient (Wildman–Crippen LogP) is 2.23. The molecule has 0 aromatic heterocycles. The van der Waals surface area contributed by atoms with Gasteiger partial charge in [-0.15, -0.1) is 0 Å². The summed E-state index contributed by atoms with van der Waals surface area (Å²) in [5.74, 6) is 0.149. The van der Waals surface area contributed by atoms with Crippen LogP contribution in [0, 0.1) is 11.7 Å². The maximum atomic E-state index is 13.4. The molecule has 0 bridgehead atoms. The van der Waals surface area contributed by atoms with Crippen LogP contribution in [0.5, 0.6) is 0 Å². The molecule has 0 saturated heterocycles. The molecule has 1 saturated carbocycles. The predicted molar refractivity (Wildman–Crippen MR) is 90.3 cm³/mol. The number of nitrogens with two attached hydrogens (primary N) is 1. The molecule has 1 amide bonds. The Labute approximate surface area is 138 Å². The van der Waals surface area contributed by atoms with Gasteiger partial charge in [-0.05, 0) is 50.6 Å². The summed E-state index contributed by atoms with van der Waals surface area (Å²) in [4.78, 5) is 16.6. The van der Waals surface area contributed by atoms with Gasteiger partial charge in [-0.1, -0.05) is 18.6 Å². The normalized spacial score (nSPS) is 20.9. The van der Waals surface area contributed by atoms with Crippen LogP contribution in [-0.2, 0) is 11.3 Å². The van der Waals surface area contributed by atoms with Gasteiger partial charge in [-0.25, -0.2) is 4.39 Å². The smallest absolute Gasteiger partial charge is 0.223 e. The third-order valence-corrected chi connectivity index (χ3v) is 4.59. The van der Waals surface area contributed by atoms with Crippen molar-refractivity contribution in [1.82, 2.24) is 9.80 Å². The molecule has 0 unspecified atom stereocenters. The lowest BCUT2D eigenvalue weighted by molar-refractivity contribution is -0.133. The zero-order chi connectivity index (χ0) is 16.8. The van der Waals surface area contributed by atoms with Crippen molar-refractivity contribution in [2.75, 3.05) is 27.2 Å². The minimum atomic E-state index is -0.264. The van der Waals surface area contributed by atoms with E-state index in [4.69, 9.17) is 5.73 Å². The van der Waals surface area contributed by atoms with E-state index >= 15 is 0 Å². The highest BCUT2D eigenvalue weighted by molar-refractivity contribution is 5.76. The molecule has 1 aromatic carbocycles. The Morgan fingerprint density at radius 1 is 1.30 bits per heavy atom. The summed E-state index contributed by atoms with van der Waals surface area (Å²) in [6.45, 7) is 1.88. The maximum Gasteiger partial charge on any atom is 0.223 e. The summed E-state index contributed by atoms with van der Waals surface area (Å²) in [5.41, 5.74) is 6.92. The molecule has 2 N–H and O–H groups in total. The topological polar surface area (TPSA) is 49.6 Å². The van der Waals surface area contributed by atoms with Gasteiger partial charge >= 0.3 is 0 Å². The summed E-state index contributed by atoms with van der Waals surface area (Å²) >= 11 is 0. The second kappa shape index (κ2) is 8.41. The van der Waals surface area contributed by atoms with Crippen LogP contribution in [0.4, 0.5) is 4.39 Å². The van der Waals surface area contributed by atoms with Crippen LogP contribution in [0.25, 0.3) is 0 Å². The Balaban J connectivity index is 2.01. The molecule has 0 aliphatic heterocycles. The van der Waals surface area contributed by atoms with E-state index in [1.807, 2.05) is 30.0 Å². The molecule has 1 aliphatic carbocycles. The lowest BCUT2D eigenvalue weighted by Gasteiger charge is -2.26. The first-order chi connectivity index (χ1) is 11.0. The molecular weight excluding hydrogens is 293 g/mol. The zero-order valence-electron chi connectivity index (χ0n) is 14.2. The minimum absolute atomic E-state index is 0.124. The van der Waals surface area contributed by atoms with Crippen LogP contribution in [0.15, 0.2) is 24.3 Å². The van der Waals surface area contributed by atoms with E-state index in [2.05, 4.69) is 0 Å². The van der Waals surface area contributed by atoms with Gasteiger partial charge in [-0.3, -0.25) is 4.79 Å². The molecule has 2 atom stereocenters. The molecular formula is C18H28FN3O. The van der Waals surface area contributed by atoms with E-state index in [1.54, 1.807) is 6.07 Å². The summed E-state index contributed by atoms with van der Waals surface area (Å²) in [7, 11) is 3.97. The molecule has 0 spiro atoms. The molecule has 1 aliphatic rings. The van der Waals surface area contributed by atoms with Gasteiger partial charge in [0.25, 0.3) is 0 Å². The Hall–Kier alpha value is -1.46. The molecule has 0 heterocycles. The average Bonchev–Trinajstić information content (AvgIpc) is 2.88. The van der Waals surface area contributed by atoms with Gasteiger partial charge in [0.15, 0.2) is 0 Å². The van der Waals surface area contributed by atoms with Crippen LogP contribution < -0.4 is 5.73 Å². The first-order valence-electron chi connectivity index (χ1n) is 8.38. The maximum absolute atomic E-state index is 13.4. The number of halogens is 1. The molecule has 4 nitrogen and oxygen atoms in total. The summed E-state index contributed by atoms with van der Waals surface area (Å²) in [6.07, 6.45) is 3.67. The van der Waals surface area contributed by atoms with Crippen molar-refractivity contribution in [2.24, 2.45) is 11.7 Å². The van der Waals surface area contributed by atoms with Crippen molar-refractivity contribution in [3.05, 3.63) is 35.6 Å². The fourth-order valence-corrected chi connectivity index (χ4v) is 3.14. The van der Waals surface area contributed by atoms with E-state index in [1.165, 1.54) is 12.1 Å². The second-order valence-electron chi connectivity index (χ2n) is 6.81. The van der Waals surface area contributed by atoms with Crippen molar-refractivity contribution in [2.45, 2.75) is 38.3 Å². The first kappa shape index (κ1) is 17.9. The van der Waals surface area contributed by atoms with Crippen molar-refractivity contribution < 1.29 is 9.18 Å². The third-order valence-electron chi connectivity index (χ3n) is 4.59. The van der Waals surface area contributed by atoms with Crippen LogP contribution in [-0.4, -0.2) is 48.9 Å². The van der Waals surface area contributed by atoms with E-state index in [9.17, 15) is 9.18 Å². The number of nitrogens with zero attached hydrogens (tertiary/aromatic N) is 2. The van der Waals surface area contributed by atoms with Crippen molar-refractivity contribution in [3.8, 4) is 0 Å². The Kier molecular flexibility index (Phi) is 6.54. The number of carbonyl (C=O) groups is 1. The quantitative estimate of drug-likeness (QED) is 0.838. The molecule has 1 fully saturated rings. The number of rotatable bonds is 7. The first-order valence-corrected chi connectivity index (χ1v) is 8.38. The van der Waals surface area contributed by atoms with Gasteiger partial charge in [0.1, 0.15) is 5.82 Å². The van der Waals surface area contributed by atoms with Crippen LogP contribution in [0.3, 0.4) is 0 Å². The van der Waals surface area contributed by atoms with Crippen molar-refractivity contribution in [3.63, 3.8) is 0 Å². The van der Waals surface area contributed by atoms with Gasteiger partial charge < -0.3 is 15.5 Å². The highest BCUT2D eigenvalue weighted by Crippen LogP contribution is 2.27. The van der Waals surface area contributed by atoms with Crippen LogP contribution in [0.1, 0.15) is 31.2 Å². The van der Waals surface area contributed by atoms with Gasteiger partial charge in [0.05, 0.1) is 0 Å². The highest BCUT2D eigenvalue weighted by atomic mass is 19.1. The molecule has 2 rings (SSSR count). The fraction of sp³-hybridized carbons (Fsp3) is 0.611. The Bertz CT molecular complexity index is 521. The Morgan fingerprint density at radius 2 is 2.09 bits per heavy atom. The number of amides is 1. The van der Waals surface area contributed by atoms with Crippen LogP contribution >= 0.6 is 0 Å². The van der Waals surface area contributed by atoms with Crippen molar-refractivity contribution in [1.29, 1.82) is 0 Å². The third kappa shape index (κ3) is 5.59. The average molecular weight is 321 g/mol. The monoisotopic (exact) mass is 321 g/mol. The largest absolute Gasteiger partial charge is 0.337 e. The highest BCUT2D eigenvalue weighted by Gasteiger charge is 2.28. The lowest BCUT2D eigenvalue weighted by atomic mass is 9.99. The zero-order valence-corrected chi connectivity index (χ0v) is 14.2. The summed E-state index contributed by atoms with van der Waals surface area (Å²) < 4.78 is 13.4. The number of hydrogen-bond donors (Lipinski definition) is 1. The summed E-state index contributed by atoms with van der Waals surface area (Å²) in [5, 5.41) is 0. The van der Waals surface area contributed by atoms with Crippen LogP contribution in [0.2, 0.25) is 0 Å². The second-order valence-corrected chi connectivity index (χ2v) is 6.81. The molecule has 23 heavy (non-hydrogen) atoms. The molecule has 5 heteroatoms. The van der Waals surface area contributed by atoms with Crippen molar-refractivity contribution >= 4 is 5.91 Å². The number of benzene rings is 1. The van der Waals surface area contributed by atoms with Gasteiger partial charge in [0.2, 0.25) is 5.91 Å². The number of carbonyl (C=O) groups excluding carboxylic acids is 1. The number of hydrogen-bond acceptors (Lipinski definition) is 3. The molecule has 1 aromatic rings. The van der Waals surface area contributed by atoms with E-state index in [0.717, 1.165) is 31.4 Å². The fourth-order valence-electron chi connectivity index (χ4n) is 3.14. The van der Waals surface area contributed by atoms with Gasteiger partial charge in [-0.2, -0.15) is 0 Å². The summed E-state index contributed by atoms with van der Waals surface area (Å²) in [6, 6.07) is 6.61. The minimum Gasteiger partial charge on any atom is -0.337 e. The van der Waals surface area contributed by atoms with E-state index in [-0.39, 0.29) is 23.7 Å². The molecule has 0 radical (unpaired) electrons. The van der Waals surface area contributed by atoms with Gasteiger partial charge in [0, 0.05) is 32.1 Å². The lowest BCUT2D eigenvalue weighted by Crippen LogP contribution is -2.38. The SMILES string of the molecule is CN(C)CCN(Cc1cccc(F)c1)C(=O)C[C@@H]1CCC[C@H]1N. The number of likely N-dealkylation sites (N-methyl/N-ethyl adjacent to an activating group) is 1.